The van der Waals surface area contributed by atoms with Crippen LogP contribution >= 0.6 is 0 Å². The maximum atomic E-state index is 5.87. The molecule has 0 bridgehead atoms. The molecule has 0 spiro atoms. The van der Waals surface area contributed by atoms with Gasteiger partial charge in [0.15, 0.2) is 0 Å². The topological polar surface area (TPSA) is 26.0 Å². The van der Waals surface area contributed by atoms with Crippen LogP contribution in [0.5, 0.6) is 0 Å². The first-order valence-electron chi connectivity index (χ1n) is 5.21. The third kappa shape index (κ3) is 1.73. The Bertz CT molecular complexity index is 377. The summed E-state index contributed by atoms with van der Waals surface area (Å²) in [7, 11) is 0. The Hall–Kier alpha value is -1.08. The average molecular weight is 187 g/mol. The van der Waals surface area contributed by atoms with Crippen molar-refractivity contribution >= 4 is 5.57 Å². The van der Waals surface area contributed by atoms with E-state index >= 15 is 0 Å². The van der Waals surface area contributed by atoms with E-state index < -0.39 is 0 Å². The molecule has 0 fully saturated rings. The second-order valence-corrected chi connectivity index (χ2v) is 4.21. The Morgan fingerprint density at radius 2 is 2.07 bits per heavy atom. The van der Waals surface area contributed by atoms with Crippen molar-refractivity contribution in [1.82, 2.24) is 0 Å². The molecule has 0 amide bonds. The van der Waals surface area contributed by atoms with Crippen LogP contribution in [0.15, 0.2) is 24.3 Å². The van der Waals surface area contributed by atoms with Crippen LogP contribution in [-0.4, -0.2) is 6.04 Å². The quantitative estimate of drug-likeness (QED) is 0.718. The van der Waals surface area contributed by atoms with Gasteiger partial charge in [0, 0.05) is 6.04 Å². The van der Waals surface area contributed by atoms with Crippen molar-refractivity contribution in [2.24, 2.45) is 5.73 Å². The fourth-order valence-corrected chi connectivity index (χ4v) is 2.05. The van der Waals surface area contributed by atoms with E-state index in [9.17, 15) is 0 Å². The van der Waals surface area contributed by atoms with E-state index in [4.69, 9.17) is 5.73 Å². The molecule has 1 heteroatoms. The Morgan fingerprint density at radius 3 is 2.71 bits per heavy atom. The summed E-state index contributed by atoms with van der Waals surface area (Å²) >= 11 is 0. The number of allylic oxidation sites excluding steroid dienone is 1. The van der Waals surface area contributed by atoms with Crippen LogP contribution in [0.4, 0.5) is 0 Å². The molecule has 1 nitrogen and oxygen atoms in total. The number of rotatable bonds is 1. The molecule has 14 heavy (non-hydrogen) atoms. The zero-order valence-corrected chi connectivity index (χ0v) is 8.88. The summed E-state index contributed by atoms with van der Waals surface area (Å²) in [6, 6.07) is 6.88. The number of benzene rings is 1. The zero-order chi connectivity index (χ0) is 10.1. The monoisotopic (exact) mass is 187 g/mol. The molecule has 1 aliphatic carbocycles. The molecule has 2 rings (SSSR count). The van der Waals surface area contributed by atoms with Crippen molar-refractivity contribution in [1.29, 1.82) is 0 Å². The Labute approximate surface area is 85.6 Å². The van der Waals surface area contributed by atoms with Gasteiger partial charge in [-0.3, -0.25) is 0 Å². The van der Waals surface area contributed by atoms with Gasteiger partial charge < -0.3 is 5.73 Å². The van der Waals surface area contributed by atoms with Gasteiger partial charge in [0.25, 0.3) is 0 Å². The Balaban J connectivity index is 2.41. The third-order valence-electron chi connectivity index (χ3n) is 2.90. The molecule has 1 aromatic carbocycles. The molecule has 0 aromatic heterocycles. The van der Waals surface area contributed by atoms with Gasteiger partial charge in [-0.2, -0.15) is 0 Å². The van der Waals surface area contributed by atoms with Crippen molar-refractivity contribution in [2.75, 3.05) is 0 Å². The van der Waals surface area contributed by atoms with Gasteiger partial charge in [-0.15, -0.1) is 0 Å². The maximum Gasteiger partial charge on any atom is 0.0232 e. The van der Waals surface area contributed by atoms with E-state index in [2.05, 4.69) is 38.1 Å². The predicted molar refractivity (Wildman–Crippen MR) is 61.1 cm³/mol. The lowest BCUT2D eigenvalue weighted by molar-refractivity contribution is 0.782. The summed E-state index contributed by atoms with van der Waals surface area (Å²) in [6.07, 6.45) is 4.44. The van der Waals surface area contributed by atoms with E-state index in [1.54, 1.807) is 0 Å². The largest absolute Gasteiger partial charge is 0.324 e. The van der Waals surface area contributed by atoms with Gasteiger partial charge >= 0.3 is 0 Å². The zero-order valence-electron chi connectivity index (χ0n) is 8.88. The minimum Gasteiger partial charge on any atom is -0.324 e. The molecule has 0 saturated carbocycles. The van der Waals surface area contributed by atoms with Crippen LogP contribution in [0.25, 0.3) is 5.57 Å². The SMILES string of the molecule is Cc1ccc(C)c(C2=CC(N)CC2)c1. The number of aryl methyl sites for hydroxylation is 2. The molecule has 0 heterocycles. The van der Waals surface area contributed by atoms with Crippen LogP contribution in [0.2, 0.25) is 0 Å². The van der Waals surface area contributed by atoms with Gasteiger partial charge in [-0.1, -0.05) is 29.8 Å². The molecule has 0 saturated heterocycles. The smallest absolute Gasteiger partial charge is 0.0232 e. The Kier molecular flexibility index (Phi) is 2.42. The summed E-state index contributed by atoms with van der Waals surface area (Å²) in [5.74, 6) is 0. The van der Waals surface area contributed by atoms with Gasteiger partial charge in [0.2, 0.25) is 0 Å². The lowest BCUT2D eigenvalue weighted by Crippen LogP contribution is -2.11. The van der Waals surface area contributed by atoms with Crippen LogP contribution in [0.1, 0.15) is 29.5 Å². The van der Waals surface area contributed by atoms with Crippen LogP contribution in [-0.2, 0) is 0 Å². The van der Waals surface area contributed by atoms with Crippen molar-refractivity contribution in [2.45, 2.75) is 32.7 Å². The number of hydrogen-bond donors (Lipinski definition) is 1. The van der Waals surface area contributed by atoms with Crippen molar-refractivity contribution in [3.05, 3.63) is 41.0 Å². The highest BCUT2D eigenvalue weighted by molar-refractivity contribution is 5.71. The lowest BCUT2D eigenvalue weighted by Gasteiger charge is -2.07. The molecule has 1 unspecified atom stereocenters. The van der Waals surface area contributed by atoms with E-state index in [1.807, 2.05) is 0 Å². The van der Waals surface area contributed by atoms with Gasteiger partial charge in [0.05, 0.1) is 0 Å². The van der Waals surface area contributed by atoms with Gasteiger partial charge in [-0.05, 0) is 43.4 Å². The van der Waals surface area contributed by atoms with Crippen LogP contribution in [0, 0.1) is 13.8 Å². The van der Waals surface area contributed by atoms with Gasteiger partial charge in [-0.25, -0.2) is 0 Å². The molecule has 2 N–H and O–H groups in total. The average Bonchev–Trinajstić information content (AvgIpc) is 2.56. The highest BCUT2D eigenvalue weighted by Gasteiger charge is 2.14. The van der Waals surface area contributed by atoms with E-state index in [0.29, 0.717) is 0 Å². The third-order valence-corrected chi connectivity index (χ3v) is 2.90. The molecular weight excluding hydrogens is 170 g/mol. The molecular formula is C13H17N. The lowest BCUT2D eigenvalue weighted by atomic mass is 9.98. The normalized spacial score (nSPS) is 21.1. The molecule has 0 aliphatic heterocycles. The van der Waals surface area contributed by atoms with Crippen LogP contribution in [0.3, 0.4) is 0 Å². The second kappa shape index (κ2) is 3.58. The first-order chi connectivity index (χ1) is 6.66. The second-order valence-electron chi connectivity index (χ2n) is 4.21. The fourth-order valence-electron chi connectivity index (χ4n) is 2.05. The van der Waals surface area contributed by atoms with Crippen molar-refractivity contribution in [3.8, 4) is 0 Å². The van der Waals surface area contributed by atoms with E-state index in [0.717, 1.165) is 12.8 Å². The van der Waals surface area contributed by atoms with Crippen molar-refractivity contribution in [3.63, 3.8) is 0 Å². The molecule has 1 aromatic rings. The predicted octanol–water partition coefficient (Wildman–Crippen LogP) is 2.81. The summed E-state index contributed by atoms with van der Waals surface area (Å²) in [5, 5.41) is 0. The van der Waals surface area contributed by atoms with Gasteiger partial charge in [0.1, 0.15) is 0 Å². The number of hydrogen-bond acceptors (Lipinski definition) is 1. The van der Waals surface area contributed by atoms with E-state index in [1.165, 1.54) is 22.3 Å². The maximum absolute atomic E-state index is 5.87. The molecule has 1 atom stereocenters. The summed E-state index contributed by atoms with van der Waals surface area (Å²) in [6.45, 7) is 4.30. The van der Waals surface area contributed by atoms with E-state index in [-0.39, 0.29) is 6.04 Å². The summed E-state index contributed by atoms with van der Waals surface area (Å²) < 4.78 is 0. The molecule has 74 valence electrons. The number of nitrogens with two attached hydrogens (primary N) is 1. The first-order valence-corrected chi connectivity index (χ1v) is 5.21. The fraction of sp³-hybridized carbons (Fsp3) is 0.385. The standard InChI is InChI=1S/C13H17N/c1-9-3-4-10(2)13(7-9)11-5-6-12(14)8-11/h3-4,7-8,12H,5-6,14H2,1-2H3. The molecule has 0 radical (unpaired) electrons. The van der Waals surface area contributed by atoms with Crippen molar-refractivity contribution < 1.29 is 0 Å². The highest BCUT2D eigenvalue weighted by Crippen LogP contribution is 2.29. The Morgan fingerprint density at radius 1 is 1.29 bits per heavy atom. The summed E-state index contributed by atoms with van der Waals surface area (Å²) in [4.78, 5) is 0. The van der Waals surface area contributed by atoms with Crippen LogP contribution < -0.4 is 5.73 Å². The minimum atomic E-state index is 0.268. The summed E-state index contributed by atoms with van der Waals surface area (Å²) in [5.41, 5.74) is 11.4. The minimum absolute atomic E-state index is 0.268. The first kappa shape index (κ1) is 9.47. The molecule has 1 aliphatic rings. The highest BCUT2D eigenvalue weighted by atomic mass is 14.6.